The van der Waals surface area contributed by atoms with Crippen LogP contribution in [0.5, 0.6) is 11.5 Å². The second kappa shape index (κ2) is 10.9. The first kappa shape index (κ1) is 28.8. The highest BCUT2D eigenvalue weighted by atomic mass is 32.2. The molecular weight excluding hydrogens is 512 g/mol. The van der Waals surface area contributed by atoms with Crippen LogP contribution < -0.4 is 20.1 Å². The van der Waals surface area contributed by atoms with Gasteiger partial charge in [-0.05, 0) is 51.1 Å². The minimum atomic E-state index is -1.86. The Morgan fingerprint density at radius 3 is 2.24 bits per heavy atom. The molecule has 1 aliphatic rings. The zero-order chi connectivity index (χ0) is 28.4. The molecule has 38 heavy (non-hydrogen) atoms. The van der Waals surface area contributed by atoms with Gasteiger partial charge >= 0.3 is 6.03 Å². The van der Waals surface area contributed by atoms with Gasteiger partial charge in [0.25, 0.3) is 23.1 Å². The molecule has 0 radical (unpaired) electrons. The quantitative estimate of drug-likeness (QED) is 0.323. The van der Waals surface area contributed by atoms with Crippen molar-refractivity contribution in [3.63, 3.8) is 0 Å². The van der Waals surface area contributed by atoms with Gasteiger partial charge in [-0.15, -0.1) is 0 Å². The van der Waals surface area contributed by atoms with Gasteiger partial charge in [-0.2, -0.15) is 0 Å². The average Bonchev–Trinajstić information content (AvgIpc) is 3.03. The van der Waals surface area contributed by atoms with E-state index in [-0.39, 0.29) is 11.4 Å². The van der Waals surface area contributed by atoms with E-state index in [4.69, 9.17) is 8.92 Å². The summed E-state index contributed by atoms with van der Waals surface area (Å²) in [4.78, 5) is 53.5. The van der Waals surface area contributed by atoms with Crippen molar-refractivity contribution in [3.05, 3.63) is 48.0 Å². The van der Waals surface area contributed by atoms with E-state index in [2.05, 4.69) is 15.4 Å². The topological polar surface area (TPSA) is 143 Å². The molecule has 3 N–H and O–H groups in total. The Kier molecular flexibility index (Phi) is 8.27. The van der Waals surface area contributed by atoms with Gasteiger partial charge in [0.1, 0.15) is 11.3 Å². The molecule has 204 valence electrons. The van der Waals surface area contributed by atoms with E-state index in [1.54, 1.807) is 39.0 Å². The van der Waals surface area contributed by atoms with Crippen molar-refractivity contribution in [2.75, 3.05) is 17.1 Å². The lowest BCUT2D eigenvalue weighted by atomic mass is 9.85. The van der Waals surface area contributed by atoms with Gasteiger partial charge in [0.2, 0.25) is 0 Å². The first-order valence-corrected chi connectivity index (χ1v) is 12.8. The molecule has 0 saturated carbocycles. The first-order valence-electron chi connectivity index (χ1n) is 11.8. The van der Waals surface area contributed by atoms with Crippen LogP contribution >= 0.6 is 0 Å². The molecule has 1 saturated heterocycles. The van der Waals surface area contributed by atoms with Crippen LogP contribution in [0.1, 0.15) is 40.2 Å². The van der Waals surface area contributed by atoms with Crippen LogP contribution in [0.2, 0.25) is 0 Å². The first-order chi connectivity index (χ1) is 17.6. The summed E-state index contributed by atoms with van der Waals surface area (Å²) in [6.45, 7) is 9.68. The second-order valence-electron chi connectivity index (χ2n) is 10.4. The Labute approximate surface area is 224 Å². The van der Waals surface area contributed by atoms with Gasteiger partial charge in [0.05, 0.1) is 18.5 Å². The fraction of sp³-hybridized carbons (Fsp3) is 0.385. The Morgan fingerprint density at radius 2 is 1.71 bits per heavy atom. The number of aryl methyl sites for hydroxylation is 1. The number of urea groups is 1. The van der Waals surface area contributed by atoms with Crippen molar-refractivity contribution in [1.29, 1.82) is 0 Å². The molecular formula is C26H32N4O7S. The van der Waals surface area contributed by atoms with Gasteiger partial charge in [0.15, 0.2) is 17.6 Å². The third kappa shape index (κ3) is 6.37. The summed E-state index contributed by atoms with van der Waals surface area (Å²) >= 11 is -1.86. The Morgan fingerprint density at radius 1 is 1.08 bits per heavy atom. The molecule has 0 bridgehead atoms. The molecule has 11 nitrogen and oxygen atoms in total. The van der Waals surface area contributed by atoms with E-state index >= 15 is 0 Å². The normalized spacial score (nSPS) is 16.4. The van der Waals surface area contributed by atoms with E-state index in [9.17, 15) is 23.4 Å². The minimum absolute atomic E-state index is 0.103. The molecule has 1 aliphatic heterocycles. The summed E-state index contributed by atoms with van der Waals surface area (Å²) < 4.78 is 25.2. The summed E-state index contributed by atoms with van der Waals surface area (Å²) in [7, 11) is 1.25. The SMILES string of the molecule is COS(=O)Nc1ccc(Oc2ccc(C)cc2)c(NC(=O)C(C(=O)C(C)(C)C)N2C(=O)NC(C)(C)C2=O)c1. The van der Waals surface area contributed by atoms with Gasteiger partial charge in [-0.25, -0.2) is 13.9 Å². The Bertz CT molecular complexity index is 1290. The highest BCUT2D eigenvalue weighted by Gasteiger charge is 2.53. The summed E-state index contributed by atoms with van der Waals surface area (Å²) in [6.07, 6.45) is 0. The largest absolute Gasteiger partial charge is 0.455 e. The van der Waals surface area contributed by atoms with Crippen LogP contribution in [0.15, 0.2) is 42.5 Å². The number of nitrogens with zero attached hydrogens (tertiary/aromatic N) is 1. The van der Waals surface area contributed by atoms with Crippen molar-refractivity contribution in [1.82, 2.24) is 10.2 Å². The fourth-order valence-corrected chi connectivity index (χ4v) is 4.03. The number of Topliss-reactive ketones (excluding diaryl/α,β-unsaturated/α-hetero) is 1. The maximum atomic E-state index is 13.7. The number of nitrogens with one attached hydrogen (secondary N) is 3. The van der Waals surface area contributed by atoms with Crippen LogP contribution in [-0.2, 0) is 29.8 Å². The van der Waals surface area contributed by atoms with Crippen LogP contribution in [-0.4, -0.2) is 51.4 Å². The lowest BCUT2D eigenvalue weighted by Crippen LogP contribution is -2.55. The summed E-state index contributed by atoms with van der Waals surface area (Å²) in [5.74, 6) is -1.57. The molecule has 12 heteroatoms. The molecule has 0 aliphatic carbocycles. The Balaban J connectivity index is 2.03. The van der Waals surface area contributed by atoms with E-state index in [1.807, 2.05) is 19.1 Å². The molecule has 0 spiro atoms. The van der Waals surface area contributed by atoms with Crippen molar-refractivity contribution in [3.8, 4) is 11.5 Å². The van der Waals surface area contributed by atoms with E-state index in [0.29, 0.717) is 16.3 Å². The van der Waals surface area contributed by atoms with Gasteiger partial charge in [0, 0.05) is 5.41 Å². The number of hydrogen-bond acceptors (Lipinski definition) is 7. The molecule has 4 amide bonds. The maximum absolute atomic E-state index is 13.7. The number of imide groups is 1. The number of benzene rings is 2. The number of amides is 4. The number of carbonyl (C=O) groups is 4. The second-order valence-corrected chi connectivity index (χ2v) is 11.4. The monoisotopic (exact) mass is 544 g/mol. The summed E-state index contributed by atoms with van der Waals surface area (Å²) in [6, 6.07) is 9.12. The number of carbonyl (C=O) groups excluding carboxylic acids is 4. The van der Waals surface area contributed by atoms with Gasteiger partial charge in [-0.1, -0.05) is 38.5 Å². The fourth-order valence-electron chi connectivity index (χ4n) is 3.63. The van der Waals surface area contributed by atoms with E-state index in [0.717, 1.165) is 5.56 Å². The number of rotatable bonds is 9. The molecule has 2 aromatic carbocycles. The smallest absolute Gasteiger partial charge is 0.326 e. The number of hydrogen-bond donors (Lipinski definition) is 3. The molecule has 2 unspecified atom stereocenters. The highest BCUT2D eigenvalue weighted by Crippen LogP contribution is 2.34. The standard InChI is InChI=1S/C26H32N4O7S/c1-15-8-11-17(12-9-15)37-19-13-10-16(29-38(35)36-7)14-18(19)27-22(32)20(21(31)25(2,3)4)30-23(33)26(5,6)28-24(30)34/h8-14,20,29H,1-7H3,(H,27,32)(H,28,34). The van der Waals surface area contributed by atoms with E-state index in [1.165, 1.54) is 33.1 Å². The van der Waals surface area contributed by atoms with Crippen molar-refractivity contribution in [2.45, 2.75) is 53.1 Å². The average molecular weight is 545 g/mol. The molecule has 1 heterocycles. The number of ketones is 1. The van der Waals surface area contributed by atoms with Crippen LogP contribution in [0.3, 0.4) is 0 Å². The predicted molar refractivity (Wildman–Crippen MR) is 143 cm³/mol. The van der Waals surface area contributed by atoms with Crippen molar-refractivity contribution < 1.29 is 32.3 Å². The van der Waals surface area contributed by atoms with Crippen molar-refractivity contribution in [2.24, 2.45) is 5.41 Å². The molecule has 2 atom stereocenters. The highest BCUT2D eigenvalue weighted by molar-refractivity contribution is 7.81. The van der Waals surface area contributed by atoms with Crippen LogP contribution in [0.4, 0.5) is 16.2 Å². The Hall–Kier alpha value is -3.77. The maximum Gasteiger partial charge on any atom is 0.326 e. The summed E-state index contributed by atoms with van der Waals surface area (Å²) in [5, 5.41) is 5.14. The lowest BCUT2D eigenvalue weighted by molar-refractivity contribution is -0.144. The van der Waals surface area contributed by atoms with Gasteiger partial charge in [-0.3, -0.25) is 23.3 Å². The number of ether oxygens (including phenoxy) is 1. The van der Waals surface area contributed by atoms with Crippen LogP contribution in [0, 0.1) is 12.3 Å². The van der Waals surface area contributed by atoms with Crippen LogP contribution in [0.25, 0.3) is 0 Å². The zero-order valence-electron chi connectivity index (χ0n) is 22.3. The third-order valence-electron chi connectivity index (χ3n) is 5.72. The minimum Gasteiger partial charge on any atom is -0.455 e. The van der Waals surface area contributed by atoms with Gasteiger partial charge < -0.3 is 15.4 Å². The molecule has 1 fully saturated rings. The molecule has 0 aromatic heterocycles. The third-order valence-corrected chi connectivity index (χ3v) is 6.43. The molecule has 3 rings (SSSR count). The predicted octanol–water partition coefficient (Wildman–Crippen LogP) is 3.68. The van der Waals surface area contributed by atoms with Crippen molar-refractivity contribution >= 4 is 46.3 Å². The summed E-state index contributed by atoms with van der Waals surface area (Å²) in [5.41, 5.74) is -0.914. The number of anilines is 2. The van der Waals surface area contributed by atoms with E-state index < -0.39 is 51.9 Å². The lowest BCUT2D eigenvalue weighted by Gasteiger charge is -2.29. The zero-order valence-corrected chi connectivity index (χ0v) is 23.1. The molecule has 2 aromatic rings.